The lowest BCUT2D eigenvalue weighted by Crippen LogP contribution is -2.31. The Hall–Kier alpha value is -3.39. The predicted molar refractivity (Wildman–Crippen MR) is 137 cm³/mol. The number of aromatic nitrogens is 4. The number of nitrogens with one attached hydrogen (secondary N) is 1. The minimum atomic E-state index is -0.622. The third kappa shape index (κ3) is 5.17. The lowest BCUT2D eigenvalue weighted by Gasteiger charge is -2.28. The summed E-state index contributed by atoms with van der Waals surface area (Å²) < 4.78 is 31.6. The monoisotopic (exact) mass is 478 g/mol. The van der Waals surface area contributed by atoms with E-state index in [0.29, 0.717) is 16.9 Å². The normalized spacial score (nSPS) is 16.6. The van der Waals surface area contributed by atoms with Crippen LogP contribution in [-0.2, 0) is 0 Å². The number of hydrogen-bond acceptors (Lipinski definition) is 5. The third-order valence-corrected chi connectivity index (χ3v) is 6.33. The van der Waals surface area contributed by atoms with Gasteiger partial charge in [0.15, 0.2) is 11.6 Å². The Balaban J connectivity index is 1.64. The molecule has 184 valence electrons. The average molecular weight is 479 g/mol. The summed E-state index contributed by atoms with van der Waals surface area (Å²) in [6.45, 7) is 17.0. The van der Waals surface area contributed by atoms with E-state index in [9.17, 15) is 8.78 Å². The Bertz CT molecular complexity index is 1340. The lowest BCUT2D eigenvalue weighted by molar-refractivity contribution is 0.300. The molecule has 0 radical (unpaired) electrons. The summed E-state index contributed by atoms with van der Waals surface area (Å²) in [5.41, 5.74) is 4.38. The maximum absolute atomic E-state index is 14.9. The number of rotatable bonds is 6. The number of fused-ring (bicyclic) bond motifs is 1. The summed E-state index contributed by atoms with van der Waals surface area (Å²) in [7, 11) is 0. The van der Waals surface area contributed by atoms with Crippen LogP contribution in [0.4, 0.5) is 14.7 Å². The first-order chi connectivity index (χ1) is 16.7. The van der Waals surface area contributed by atoms with Crippen molar-refractivity contribution in [3.05, 3.63) is 71.4 Å². The van der Waals surface area contributed by atoms with Crippen LogP contribution in [0.2, 0.25) is 0 Å². The molecule has 0 amide bonds. The molecule has 6 nitrogen and oxygen atoms in total. The Morgan fingerprint density at radius 1 is 1.23 bits per heavy atom. The van der Waals surface area contributed by atoms with E-state index in [1.807, 2.05) is 38.3 Å². The number of allylic oxidation sites excluding steroid dienone is 3. The van der Waals surface area contributed by atoms with E-state index in [-0.39, 0.29) is 23.2 Å². The molecule has 3 aromatic rings. The van der Waals surface area contributed by atoms with Gasteiger partial charge in [-0.2, -0.15) is 0 Å². The van der Waals surface area contributed by atoms with Crippen LogP contribution in [0, 0.1) is 18.6 Å². The molecule has 1 aliphatic rings. The quantitative estimate of drug-likeness (QED) is 0.458. The molecule has 0 spiro atoms. The third-order valence-electron chi connectivity index (χ3n) is 6.33. The molecule has 1 aromatic carbocycles. The highest BCUT2D eigenvalue weighted by Gasteiger charge is 2.19. The highest BCUT2D eigenvalue weighted by atomic mass is 19.1. The maximum atomic E-state index is 14.9. The minimum Gasteiger partial charge on any atom is -0.328 e. The van der Waals surface area contributed by atoms with Gasteiger partial charge in [0, 0.05) is 30.4 Å². The number of piperidine rings is 1. The Morgan fingerprint density at radius 2 is 2.00 bits per heavy atom. The van der Waals surface area contributed by atoms with Gasteiger partial charge in [0.25, 0.3) is 0 Å². The summed E-state index contributed by atoms with van der Waals surface area (Å²) in [5.74, 6) is -0.193. The standard InChI is InChI=1S/C27H32F2N6/c1-7-34-11-10-17(4)20(15-34)9-8-18(5)31-27-30-14-23(29)25(33-27)21-12-22(28)26-24(13-21)35(16(2)3)19(6)32-26/h8-9,12-14,16H,4,7,10-11,15H2,1-3,5-6H3,(H,30,31,33)/b18-8+,20-9-. The molecule has 0 bridgehead atoms. The van der Waals surface area contributed by atoms with Crippen molar-refractivity contribution >= 4 is 17.0 Å². The van der Waals surface area contributed by atoms with Gasteiger partial charge >= 0.3 is 0 Å². The summed E-state index contributed by atoms with van der Waals surface area (Å²) in [6, 6.07) is 3.08. The number of hydrogen-bond donors (Lipinski definition) is 1. The second-order valence-corrected chi connectivity index (χ2v) is 9.23. The Kier molecular flexibility index (Phi) is 7.12. The van der Waals surface area contributed by atoms with Gasteiger partial charge < -0.3 is 9.88 Å². The van der Waals surface area contributed by atoms with Gasteiger partial charge in [0.2, 0.25) is 5.95 Å². The van der Waals surface area contributed by atoms with E-state index < -0.39 is 11.6 Å². The molecular formula is C27H32F2N6. The molecule has 0 atom stereocenters. The highest BCUT2D eigenvalue weighted by molar-refractivity contribution is 5.83. The number of imidazole rings is 1. The van der Waals surface area contributed by atoms with Crippen molar-refractivity contribution in [3.63, 3.8) is 0 Å². The molecule has 1 saturated heterocycles. The molecule has 3 heterocycles. The van der Waals surface area contributed by atoms with Crippen molar-refractivity contribution in [1.29, 1.82) is 0 Å². The first-order valence-corrected chi connectivity index (χ1v) is 11.9. The first-order valence-electron chi connectivity index (χ1n) is 11.9. The molecule has 0 unspecified atom stereocenters. The van der Waals surface area contributed by atoms with Crippen molar-refractivity contribution in [1.82, 2.24) is 24.4 Å². The Labute approximate surface area is 205 Å². The van der Waals surface area contributed by atoms with Crippen molar-refractivity contribution in [2.24, 2.45) is 0 Å². The first kappa shape index (κ1) is 24.7. The fourth-order valence-corrected chi connectivity index (χ4v) is 4.46. The van der Waals surface area contributed by atoms with E-state index in [0.717, 1.165) is 43.5 Å². The zero-order valence-corrected chi connectivity index (χ0v) is 21.0. The molecule has 0 aliphatic carbocycles. The lowest BCUT2D eigenvalue weighted by atomic mass is 9.99. The van der Waals surface area contributed by atoms with Crippen LogP contribution in [0.1, 0.15) is 46.0 Å². The van der Waals surface area contributed by atoms with Gasteiger partial charge in [0.05, 0.1) is 11.7 Å². The molecule has 1 aliphatic heterocycles. The number of benzene rings is 1. The molecular weight excluding hydrogens is 446 g/mol. The van der Waals surface area contributed by atoms with Crippen LogP contribution in [0.5, 0.6) is 0 Å². The summed E-state index contributed by atoms with van der Waals surface area (Å²) >= 11 is 0. The second kappa shape index (κ2) is 10.1. The number of halogens is 2. The smallest absolute Gasteiger partial charge is 0.227 e. The van der Waals surface area contributed by atoms with Gasteiger partial charge in [-0.3, -0.25) is 4.90 Å². The fraction of sp³-hybridized carbons (Fsp3) is 0.370. The van der Waals surface area contributed by atoms with Crippen molar-refractivity contribution in [2.45, 2.75) is 47.1 Å². The maximum Gasteiger partial charge on any atom is 0.227 e. The number of nitrogens with zero attached hydrogens (tertiary/aromatic N) is 5. The van der Waals surface area contributed by atoms with Crippen LogP contribution in [0.15, 0.2) is 53.9 Å². The van der Waals surface area contributed by atoms with Crippen molar-refractivity contribution < 1.29 is 8.78 Å². The van der Waals surface area contributed by atoms with Crippen molar-refractivity contribution in [3.8, 4) is 11.3 Å². The van der Waals surface area contributed by atoms with E-state index in [4.69, 9.17) is 0 Å². The zero-order valence-electron chi connectivity index (χ0n) is 21.0. The molecule has 8 heteroatoms. The second-order valence-electron chi connectivity index (χ2n) is 9.23. The number of likely N-dealkylation sites (N-methyl/N-ethyl adjacent to an activating group) is 1. The van der Waals surface area contributed by atoms with E-state index in [1.54, 1.807) is 6.07 Å². The van der Waals surface area contributed by atoms with E-state index in [2.05, 4.69) is 44.7 Å². The van der Waals surface area contributed by atoms with Gasteiger partial charge in [-0.05, 0) is 70.0 Å². The summed E-state index contributed by atoms with van der Waals surface area (Å²) in [5, 5.41) is 3.12. The summed E-state index contributed by atoms with van der Waals surface area (Å²) in [6.07, 6.45) is 6.06. The zero-order chi connectivity index (χ0) is 25.3. The van der Waals surface area contributed by atoms with E-state index in [1.165, 1.54) is 11.6 Å². The molecule has 1 fully saturated rings. The number of anilines is 1. The highest BCUT2D eigenvalue weighted by Crippen LogP contribution is 2.30. The van der Waals surface area contributed by atoms with Crippen LogP contribution >= 0.6 is 0 Å². The largest absolute Gasteiger partial charge is 0.328 e. The van der Waals surface area contributed by atoms with Gasteiger partial charge in [-0.15, -0.1) is 0 Å². The van der Waals surface area contributed by atoms with Gasteiger partial charge in [-0.25, -0.2) is 23.7 Å². The molecule has 2 aromatic heterocycles. The summed E-state index contributed by atoms with van der Waals surface area (Å²) in [4.78, 5) is 15.2. The van der Waals surface area contributed by atoms with Crippen LogP contribution < -0.4 is 5.32 Å². The molecule has 1 N–H and O–H groups in total. The van der Waals surface area contributed by atoms with Crippen molar-refractivity contribution in [2.75, 3.05) is 25.0 Å². The topological polar surface area (TPSA) is 58.9 Å². The Morgan fingerprint density at radius 3 is 2.71 bits per heavy atom. The van der Waals surface area contributed by atoms with Gasteiger partial charge in [-0.1, -0.05) is 19.6 Å². The fourth-order valence-electron chi connectivity index (χ4n) is 4.46. The number of aryl methyl sites for hydroxylation is 1. The van der Waals surface area contributed by atoms with Gasteiger partial charge in [0.1, 0.15) is 17.0 Å². The molecule has 35 heavy (non-hydrogen) atoms. The minimum absolute atomic E-state index is 0.0304. The van der Waals surface area contributed by atoms with E-state index >= 15 is 0 Å². The average Bonchev–Trinajstić information content (AvgIpc) is 3.16. The molecule has 4 rings (SSSR count). The molecule has 0 saturated carbocycles. The SMILES string of the molecule is C=C1CCN(CC)C/C1=C/C=C(\C)Nc1ncc(F)c(-c2cc(F)c3nc(C)n(C(C)C)c3c2)n1. The van der Waals surface area contributed by atoms with Crippen LogP contribution in [-0.4, -0.2) is 44.1 Å². The predicted octanol–water partition coefficient (Wildman–Crippen LogP) is 6.18. The number of likely N-dealkylation sites (tertiary alicyclic amines) is 1. The van der Waals surface area contributed by atoms with Crippen LogP contribution in [0.3, 0.4) is 0 Å². The van der Waals surface area contributed by atoms with Crippen LogP contribution in [0.25, 0.3) is 22.3 Å².